The molecule has 134 valence electrons. The molecule has 0 spiro atoms. The van der Waals surface area contributed by atoms with Crippen LogP contribution in [0.4, 0.5) is 5.69 Å². The van der Waals surface area contributed by atoms with Crippen molar-refractivity contribution >= 4 is 17.6 Å². The summed E-state index contributed by atoms with van der Waals surface area (Å²) in [6.45, 7) is 4.72. The molecular weight excluding hydrogens is 320 g/mol. The Morgan fingerprint density at radius 2 is 1.60 bits per heavy atom. The van der Waals surface area contributed by atoms with Crippen LogP contribution >= 0.6 is 0 Å². The number of carboxylic acid groups (broad SMARTS) is 2. The highest BCUT2D eigenvalue weighted by molar-refractivity contribution is 5.94. The first kappa shape index (κ1) is 16.4. The molecule has 25 heavy (non-hydrogen) atoms. The molecule has 2 heterocycles. The molecule has 2 N–H and O–H groups in total. The standard InChI is InChI=1S/C19H24N2O4/c1-13-4-2-3-5-15(13)20-8-6-14(7-9-20)21-11-18(16(22)23)10-19(18,12-21)17(24)25/h2-5,14H,6-12H2,1H3,(H,22,23)(H,24,25)/t18-,19+. The Hall–Kier alpha value is -2.08. The molecule has 0 amide bonds. The lowest BCUT2D eigenvalue weighted by atomic mass is 9.97. The van der Waals surface area contributed by atoms with E-state index in [0.29, 0.717) is 13.1 Å². The normalized spacial score (nSPS) is 32.4. The average Bonchev–Trinajstić information content (AvgIpc) is 3.14. The van der Waals surface area contributed by atoms with Crippen LogP contribution in [0.2, 0.25) is 0 Å². The van der Waals surface area contributed by atoms with E-state index in [1.165, 1.54) is 11.3 Å². The van der Waals surface area contributed by atoms with Gasteiger partial charge in [-0.05, 0) is 37.8 Å². The number of aryl methyl sites for hydroxylation is 1. The quantitative estimate of drug-likeness (QED) is 0.867. The molecule has 0 unspecified atom stereocenters. The molecule has 1 aliphatic carbocycles. The zero-order chi connectivity index (χ0) is 17.8. The summed E-state index contributed by atoms with van der Waals surface area (Å²) < 4.78 is 0. The van der Waals surface area contributed by atoms with Gasteiger partial charge in [0.25, 0.3) is 0 Å². The molecule has 2 aliphatic heterocycles. The van der Waals surface area contributed by atoms with E-state index in [1.807, 2.05) is 6.07 Å². The maximum atomic E-state index is 11.7. The Morgan fingerprint density at radius 1 is 1.04 bits per heavy atom. The second-order valence-electron chi connectivity index (χ2n) is 7.86. The van der Waals surface area contributed by atoms with Gasteiger partial charge in [-0.15, -0.1) is 0 Å². The fraction of sp³-hybridized carbons (Fsp3) is 0.579. The van der Waals surface area contributed by atoms with Gasteiger partial charge in [0.1, 0.15) is 0 Å². The second kappa shape index (κ2) is 5.46. The molecule has 3 fully saturated rings. The molecule has 4 rings (SSSR count). The molecule has 0 radical (unpaired) electrons. The van der Waals surface area contributed by atoms with E-state index >= 15 is 0 Å². The van der Waals surface area contributed by atoms with E-state index in [-0.39, 0.29) is 12.5 Å². The SMILES string of the molecule is Cc1ccccc1N1CCC(N2C[C@@]3(C(=O)O)C[C@@]3(C(=O)O)C2)CC1. The van der Waals surface area contributed by atoms with E-state index in [2.05, 4.69) is 34.9 Å². The van der Waals surface area contributed by atoms with Gasteiger partial charge >= 0.3 is 11.9 Å². The van der Waals surface area contributed by atoms with Crippen LogP contribution in [0.15, 0.2) is 24.3 Å². The largest absolute Gasteiger partial charge is 0.481 e. The van der Waals surface area contributed by atoms with Gasteiger partial charge in [0.05, 0.1) is 10.8 Å². The summed E-state index contributed by atoms with van der Waals surface area (Å²) in [6.07, 6.45) is 2.17. The first-order chi connectivity index (χ1) is 11.9. The molecule has 1 saturated carbocycles. The van der Waals surface area contributed by atoms with Crippen LogP contribution in [-0.2, 0) is 9.59 Å². The lowest BCUT2D eigenvalue weighted by molar-refractivity contribution is -0.151. The number of hydrogen-bond acceptors (Lipinski definition) is 4. The number of anilines is 1. The van der Waals surface area contributed by atoms with Crippen LogP contribution in [0.3, 0.4) is 0 Å². The van der Waals surface area contributed by atoms with Crippen molar-refractivity contribution in [3.8, 4) is 0 Å². The Bertz CT molecular complexity index is 700. The fourth-order valence-electron chi connectivity index (χ4n) is 4.98. The molecule has 2 atom stereocenters. The van der Waals surface area contributed by atoms with Gasteiger partial charge in [0, 0.05) is 37.9 Å². The number of carboxylic acids is 2. The third kappa shape index (κ3) is 2.27. The number of nitrogens with zero attached hydrogens (tertiary/aromatic N) is 2. The zero-order valence-electron chi connectivity index (χ0n) is 14.4. The minimum Gasteiger partial charge on any atom is -0.481 e. The average molecular weight is 344 g/mol. The lowest BCUT2D eigenvalue weighted by Gasteiger charge is -2.39. The van der Waals surface area contributed by atoms with Crippen LogP contribution in [0, 0.1) is 17.8 Å². The van der Waals surface area contributed by atoms with Crippen molar-refractivity contribution in [1.29, 1.82) is 0 Å². The summed E-state index contributed by atoms with van der Waals surface area (Å²) in [7, 11) is 0. The van der Waals surface area contributed by atoms with Crippen molar-refractivity contribution in [2.24, 2.45) is 10.8 Å². The number of aliphatic carboxylic acids is 2. The van der Waals surface area contributed by atoms with E-state index in [1.54, 1.807) is 0 Å². The Kier molecular flexibility index (Phi) is 3.58. The summed E-state index contributed by atoms with van der Waals surface area (Å²) >= 11 is 0. The van der Waals surface area contributed by atoms with Crippen LogP contribution in [0.1, 0.15) is 24.8 Å². The third-order valence-corrected chi connectivity index (χ3v) is 6.60. The fourth-order valence-corrected chi connectivity index (χ4v) is 4.98. The van der Waals surface area contributed by atoms with Crippen LogP contribution in [-0.4, -0.2) is 59.3 Å². The first-order valence-corrected chi connectivity index (χ1v) is 8.91. The van der Waals surface area contributed by atoms with Gasteiger partial charge in [-0.25, -0.2) is 0 Å². The zero-order valence-corrected chi connectivity index (χ0v) is 14.4. The number of likely N-dealkylation sites (tertiary alicyclic amines) is 1. The summed E-state index contributed by atoms with van der Waals surface area (Å²) in [5.41, 5.74) is 0.394. The summed E-state index contributed by atoms with van der Waals surface area (Å²) in [6, 6.07) is 8.62. The maximum absolute atomic E-state index is 11.7. The molecule has 3 aliphatic rings. The Balaban J connectivity index is 1.44. The Morgan fingerprint density at radius 3 is 2.12 bits per heavy atom. The predicted molar refractivity (Wildman–Crippen MR) is 92.7 cm³/mol. The van der Waals surface area contributed by atoms with Crippen molar-refractivity contribution in [2.75, 3.05) is 31.1 Å². The smallest absolute Gasteiger partial charge is 0.312 e. The number of benzene rings is 1. The van der Waals surface area contributed by atoms with E-state index in [4.69, 9.17) is 0 Å². The molecule has 6 heteroatoms. The molecule has 2 saturated heterocycles. The topological polar surface area (TPSA) is 81.1 Å². The maximum Gasteiger partial charge on any atom is 0.312 e. The molecule has 1 aromatic carbocycles. The minimum atomic E-state index is -1.06. The number of carbonyl (C=O) groups is 2. The highest BCUT2D eigenvalue weighted by atomic mass is 16.4. The van der Waals surface area contributed by atoms with Gasteiger partial charge in [-0.3, -0.25) is 14.5 Å². The number of hydrogen-bond donors (Lipinski definition) is 2. The van der Waals surface area contributed by atoms with Crippen molar-refractivity contribution in [3.05, 3.63) is 29.8 Å². The number of rotatable bonds is 4. The van der Waals surface area contributed by atoms with E-state index in [9.17, 15) is 19.8 Å². The summed E-state index contributed by atoms with van der Waals surface area (Å²) in [5.74, 6) is -1.90. The molecule has 0 aromatic heterocycles. The monoisotopic (exact) mass is 344 g/mol. The molecule has 6 nitrogen and oxygen atoms in total. The van der Waals surface area contributed by atoms with Crippen LogP contribution in [0.25, 0.3) is 0 Å². The first-order valence-electron chi connectivity index (χ1n) is 8.91. The van der Waals surface area contributed by atoms with Gasteiger partial charge in [0.2, 0.25) is 0 Å². The van der Waals surface area contributed by atoms with Gasteiger partial charge in [0.15, 0.2) is 0 Å². The lowest BCUT2D eigenvalue weighted by Crippen LogP contribution is -2.46. The third-order valence-electron chi connectivity index (χ3n) is 6.60. The van der Waals surface area contributed by atoms with Crippen molar-refractivity contribution < 1.29 is 19.8 Å². The van der Waals surface area contributed by atoms with Crippen molar-refractivity contribution in [1.82, 2.24) is 4.90 Å². The number of fused-ring (bicyclic) bond motifs is 1. The van der Waals surface area contributed by atoms with Crippen LogP contribution < -0.4 is 4.90 Å². The molecular formula is C19H24N2O4. The van der Waals surface area contributed by atoms with Crippen molar-refractivity contribution in [3.63, 3.8) is 0 Å². The molecule has 0 bridgehead atoms. The molecule has 1 aromatic rings. The highest BCUT2D eigenvalue weighted by Gasteiger charge is 2.81. The van der Waals surface area contributed by atoms with Crippen LogP contribution in [0.5, 0.6) is 0 Å². The minimum absolute atomic E-state index is 0.278. The highest BCUT2D eigenvalue weighted by Crippen LogP contribution is 2.69. The van der Waals surface area contributed by atoms with E-state index < -0.39 is 22.8 Å². The Labute approximate surface area is 147 Å². The second-order valence-corrected chi connectivity index (χ2v) is 7.86. The number of piperidine rings is 2. The summed E-state index contributed by atoms with van der Waals surface area (Å²) in [5, 5.41) is 19.1. The number of para-hydroxylation sites is 1. The predicted octanol–water partition coefficient (Wildman–Crippen LogP) is 1.83. The van der Waals surface area contributed by atoms with Gasteiger partial charge in [-0.2, -0.15) is 0 Å². The van der Waals surface area contributed by atoms with Gasteiger partial charge in [-0.1, -0.05) is 18.2 Å². The van der Waals surface area contributed by atoms with Crippen molar-refractivity contribution in [2.45, 2.75) is 32.2 Å². The van der Waals surface area contributed by atoms with E-state index in [0.717, 1.165) is 25.9 Å². The van der Waals surface area contributed by atoms with Gasteiger partial charge < -0.3 is 15.1 Å². The summed E-state index contributed by atoms with van der Waals surface area (Å²) in [4.78, 5) is 27.9.